The lowest BCUT2D eigenvalue weighted by Gasteiger charge is -2.08. The number of fused-ring (bicyclic) bond motifs is 1. The zero-order valence-corrected chi connectivity index (χ0v) is 18.9. The normalized spacial score (nSPS) is 10.8. The van der Waals surface area contributed by atoms with Gasteiger partial charge in [0.2, 0.25) is 5.91 Å². The Bertz CT molecular complexity index is 1320. The van der Waals surface area contributed by atoms with Crippen LogP contribution < -0.4 is 5.32 Å². The van der Waals surface area contributed by atoms with Crippen LogP contribution in [0.1, 0.15) is 22.4 Å². The van der Waals surface area contributed by atoms with E-state index in [9.17, 15) is 10.1 Å². The number of carbonyl (C=O) groups is 1. The number of hydrogen-bond donors (Lipinski definition) is 1. The van der Waals surface area contributed by atoms with Crippen molar-refractivity contribution < 1.29 is 4.79 Å². The minimum atomic E-state index is -0.169. The lowest BCUT2D eigenvalue weighted by atomic mass is 10.1. The van der Waals surface area contributed by atoms with Gasteiger partial charge in [-0.25, -0.2) is 4.98 Å². The van der Waals surface area contributed by atoms with Gasteiger partial charge >= 0.3 is 0 Å². The topological polar surface area (TPSA) is 91.6 Å². The van der Waals surface area contributed by atoms with E-state index in [4.69, 9.17) is 4.98 Å². The molecule has 154 valence electrons. The summed E-state index contributed by atoms with van der Waals surface area (Å²) in [5.74, 6) is -0.0256. The molecule has 0 spiro atoms. The van der Waals surface area contributed by atoms with Crippen LogP contribution in [0.5, 0.6) is 0 Å². The summed E-state index contributed by atoms with van der Waals surface area (Å²) < 4.78 is 1.16. The lowest BCUT2D eigenvalue weighted by molar-refractivity contribution is -0.113. The fourth-order valence-corrected chi connectivity index (χ4v) is 4.85. The average molecular weight is 446 g/mol. The summed E-state index contributed by atoms with van der Waals surface area (Å²) in [5.41, 5.74) is 5.90. The highest BCUT2D eigenvalue weighted by Crippen LogP contribution is 2.31. The molecular formula is C23H19N5OS2. The summed E-state index contributed by atoms with van der Waals surface area (Å²) in [7, 11) is 0. The van der Waals surface area contributed by atoms with Crippen LogP contribution in [0.4, 0.5) is 5.69 Å². The van der Waals surface area contributed by atoms with Gasteiger partial charge in [0.05, 0.1) is 27.2 Å². The Morgan fingerprint density at radius 2 is 1.90 bits per heavy atom. The van der Waals surface area contributed by atoms with Gasteiger partial charge in [-0.2, -0.15) is 10.4 Å². The number of aryl methyl sites for hydroxylation is 2. The molecule has 0 aliphatic carbocycles. The highest BCUT2D eigenvalue weighted by Gasteiger charge is 2.13. The molecule has 0 radical (unpaired) electrons. The predicted octanol–water partition coefficient (Wildman–Crippen LogP) is 5.28. The molecule has 2 heterocycles. The Balaban J connectivity index is 1.41. The molecule has 0 unspecified atom stereocenters. The monoisotopic (exact) mass is 445 g/mol. The van der Waals surface area contributed by atoms with E-state index in [0.29, 0.717) is 22.0 Å². The molecule has 0 atom stereocenters. The quantitative estimate of drug-likeness (QED) is 0.420. The van der Waals surface area contributed by atoms with Gasteiger partial charge in [-0.05, 0) is 68.3 Å². The Morgan fingerprint density at radius 3 is 2.65 bits per heavy atom. The van der Waals surface area contributed by atoms with Crippen molar-refractivity contribution in [2.45, 2.75) is 25.8 Å². The number of thiazole rings is 1. The zero-order chi connectivity index (χ0) is 22.0. The standard InChI is InChI=1S/C23H19N5OS2/c1-13-4-9-19-20(10-13)31-22(26-19)16-5-7-17(8-6-16)25-21(29)12-30-23-18(11-24)14(2)15(3)27-28-23/h4-10H,12H2,1-3H3,(H,25,29). The van der Waals surface area contributed by atoms with E-state index in [1.54, 1.807) is 11.3 Å². The molecule has 0 aliphatic heterocycles. The first-order valence-electron chi connectivity index (χ1n) is 9.59. The molecule has 2 aromatic carbocycles. The molecule has 0 saturated heterocycles. The molecule has 0 fully saturated rings. The molecule has 6 nitrogen and oxygen atoms in total. The number of nitrogens with zero attached hydrogens (tertiary/aromatic N) is 4. The van der Waals surface area contributed by atoms with Crippen LogP contribution >= 0.6 is 23.1 Å². The Morgan fingerprint density at radius 1 is 1.13 bits per heavy atom. The number of rotatable bonds is 5. The van der Waals surface area contributed by atoms with Gasteiger partial charge in [0.25, 0.3) is 0 Å². The number of carbonyl (C=O) groups excluding carboxylic acids is 1. The Kier molecular flexibility index (Phi) is 5.98. The van der Waals surface area contributed by atoms with Gasteiger partial charge in [0, 0.05) is 11.3 Å². The molecule has 2 aromatic heterocycles. The number of aromatic nitrogens is 3. The largest absolute Gasteiger partial charge is 0.325 e. The fraction of sp³-hybridized carbons (Fsp3) is 0.174. The summed E-state index contributed by atoms with van der Waals surface area (Å²) >= 11 is 2.86. The SMILES string of the molecule is Cc1ccc2nc(-c3ccc(NC(=O)CSc4nnc(C)c(C)c4C#N)cc3)sc2c1. The molecule has 0 bridgehead atoms. The van der Waals surface area contributed by atoms with Gasteiger partial charge in [-0.1, -0.05) is 17.8 Å². The predicted molar refractivity (Wildman–Crippen MR) is 125 cm³/mol. The molecule has 4 aromatic rings. The van der Waals surface area contributed by atoms with E-state index in [1.807, 2.05) is 44.2 Å². The average Bonchev–Trinajstić information content (AvgIpc) is 3.18. The maximum absolute atomic E-state index is 12.4. The third kappa shape index (κ3) is 4.58. The summed E-state index contributed by atoms with van der Waals surface area (Å²) in [6.45, 7) is 5.71. The van der Waals surface area contributed by atoms with Crippen molar-refractivity contribution in [1.82, 2.24) is 15.2 Å². The summed E-state index contributed by atoms with van der Waals surface area (Å²) in [6, 6.07) is 16.0. The number of nitriles is 1. The maximum atomic E-state index is 12.4. The highest BCUT2D eigenvalue weighted by atomic mass is 32.2. The number of thioether (sulfide) groups is 1. The van der Waals surface area contributed by atoms with E-state index < -0.39 is 0 Å². The van der Waals surface area contributed by atoms with Gasteiger partial charge < -0.3 is 5.32 Å². The van der Waals surface area contributed by atoms with Crippen molar-refractivity contribution in [1.29, 1.82) is 5.26 Å². The molecule has 1 N–H and O–H groups in total. The molecule has 4 rings (SSSR count). The van der Waals surface area contributed by atoms with Crippen molar-refractivity contribution in [3.8, 4) is 16.6 Å². The third-order valence-corrected chi connectivity index (χ3v) is 6.87. The number of nitrogens with one attached hydrogen (secondary N) is 1. The van der Waals surface area contributed by atoms with E-state index in [1.165, 1.54) is 17.3 Å². The Hall–Kier alpha value is -3.28. The second kappa shape index (κ2) is 8.84. The fourth-order valence-electron chi connectivity index (χ4n) is 3.00. The van der Waals surface area contributed by atoms with Crippen LogP contribution in [-0.4, -0.2) is 26.8 Å². The lowest BCUT2D eigenvalue weighted by Crippen LogP contribution is -2.14. The third-order valence-electron chi connectivity index (χ3n) is 4.83. The van der Waals surface area contributed by atoms with Crippen molar-refractivity contribution >= 4 is 44.9 Å². The van der Waals surface area contributed by atoms with Crippen LogP contribution in [0.25, 0.3) is 20.8 Å². The van der Waals surface area contributed by atoms with E-state index in [0.717, 1.165) is 26.4 Å². The highest BCUT2D eigenvalue weighted by molar-refractivity contribution is 8.00. The number of hydrogen-bond acceptors (Lipinski definition) is 7. The van der Waals surface area contributed by atoms with Gasteiger partial charge in [-0.3, -0.25) is 4.79 Å². The molecule has 0 aliphatic rings. The van der Waals surface area contributed by atoms with Crippen molar-refractivity contribution in [2.75, 3.05) is 11.1 Å². The number of anilines is 1. The first-order chi connectivity index (χ1) is 14.9. The van der Waals surface area contributed by atoms with Gasteiger partial charge in [0.1, 0.15) is 16.1 Å². The smallest absolute Gasteiger partial charge is 0.234 e. The van der Waals surface area contributed by atoms with E-state index >= 15 is 0 Å². The van der Waals surface area contributed by atoms with E-state index in [-0.39, 0.29) is 11.7 Å². The minimum absolute atomic E-state index is 0.144. The first-order valence-corrected chi connectivity index (χ1v) is 11.4. The molecule has 8 heteroatoms. The molecule has 0 saturated carbocycles. The summed E-state index contributed by atoms with van der Waals surface area (Å²) in [4.78, 5) is 17.1. The van der Waals surface area contributed by atoms with Gasteiger partial charge in [-0.15, -0.1) is 16.4 Å². The Labute approximate surface area is 188 Å². The second-order valence-corrected chi connectivity index (χ2v) is 9.10. The maximum Gasteiger partial charge on any atom is 0.234 e. The second-order valence-electron chi connectivity index (χ2n) is 7.11. The minimum Gasteiger partial charge on any atom is -0.325 e. The first kappa shape index (κ1) is 21.0. The molecule has 1 amide bonds. The van der Waals surface area contributed by atoms with Crippen LogP contribution in [0.2, 0.25) is 0 Å². The van der Waals surface area contributed by atoms with Crippen molar-refractivity contribution in [3.63, 3.8) is 0 Å². The van der Waals surface area contributed by atoms with Crippen LogP contribution in [0, 0.1) is 32.1 Å². The number of amides is 1. The van der Waals surface area contributed by atoms with Crippen LogP contribution in [-0.2, 0) is 4.79 Å². The van der Waals surface area contributed by atoms with Crippen molar-refractivity contribution in [2.24, 2.45) is 0 Å². The zero-order valence-electron chi connectivity index (χ0n) is 17.3. The van der Waals surface area contributed by atoms with Crippen molar-refractivity contribution in [3.05, 3.63) is 64.8 Å². The van der Waals surface area contributed by atoms with E-state index in [2.05, 4.69) is 40.6 Å². The summed E-state index contributed by atoms with van der Waals surface area (Å²) in [5, 5.41) is 21.8. The van der Waals surface area contributed by atoms with Gasteiger partial charge in [0.15, 0.2) is 0 Å². The molecule has 31 heavy (non-hydrogen) atoms. The number of benzene rings is 2. The van der Waals surface area contributed by atoms with Crippen LogP contribution in [0.3, 0.4) is 0 Å². The van der Waals surface area contributed by atoms with Crippen LogP contribution in [0.15, 0.2) is 47.5 Å². The summed E-state index contributed by atoms with van der Waals surface area (Å²) in [6.07, 6.45) is 0. The molecular weight excluding hydrogens is 426 g/mol.